The van der Waals surface area contributed by atoms with E-state index >= 15 is 0 Å². The molecule has 3 rings (SSSR count). The van der Waals surface area contributed by atoms with Crippen LogP contribution in [-0.2, 0) is 14.8 Å². The molecule has 0 amide bonds. The Bertz CT molecular complexity index is 1180. The molecule has 3 aromatic rings. The lowest BCUT2D eigenvalue weighted by Gasteiger charge is -2.07. The molecule has 1 unspecified atom stereocenters. The molecule has 0 aliphatic heterocycles. The van der Waals surface area contributed by atoms with Crippen molar-refractivity contribution in [2.45, 2.75) is 24.1 Å². The highest BCUT2D eigenvalue weighted by molar-refractivity contribution is 7.89. The van der Waals surface area contributed by atoms with Gasteiger partial charge in [-0.2, -0.15) is 13.2 Å². The maximum Gasteiger partial charge on any atom is 0.490 e. The van der Waals surface area contributed by atoms with Crippen LogP contribution in [0.15, 0.2) is 47.5 Å². The van der Waals surface area contributed by atoms with E-state index in [1.54, 1.807) is 37.4 Å². The second kappa shape index (κ2) is 10.1. The average Bonchev–Trinajstić information content (AvgIpc) is 3.17. The van der Waals surface area contributed by atoms with Gasteiger partial charge in [0, 0.05) is 30.4 Å². The lowest BCUT2D eigenvalue weighted by molar-refractivity contribution is -0.192. The SMILES string of the molecule is CC(O)c1cc2c(-c3ccc(S(=O)(=O)NCCN)cc3)ccnc2[nH]1.O=C(O)C(F)(F)F. The molecular weight excluding hydrogens is 453 g/mol. The van der Waals surface area contributed by atoms with Crippen LogP contribution >= 0.6 is 0 Å². The number of carboxylic acid groups (broad SMARTS) is 1. The Hall–Kier alpha value is -3.00. The zero-order valence-corrected chi connectivity index (χ0v) is 17.5. The summed E-state index contributed by atoms with van der Waals surface area (Å²) in [7, 11) is -3.55. The van der Waals surface area contributed by atoms with Crippen molar-refractivity contribution in [2.75, 3.05) is 13.1 Å². The summed E-state index contributed by atoms with van der Waals surface area (Å²) in [6.45, 7) is 2.12. The van der Waals surface area contributed by atoms with Crippen molar-refractivity contribution in [3.05, 3.63) is 48.3 Å². The van der Waals surface area contributed by atoms with Crippen molar-refractivity contribution in [3.63, 3.8) is 0 Å². The molecule has 6 N–H and O–H groups in total. The van der Waals surface area contributed by atoms with Crippen LogP contribution in [0.5, 0.6) is 0 Å². The molecule has 0 aliphatic carbocycles. The van der Waals surface area contributed by atoms with Crippen LogP contribution in [-0.4, -0.2) is 53.8 Å². The van der Waals surface area contributed by atoms with E-state index in [4.69, 9.17) is 15.6 Å². The van der Waals surface area contributed by atoms with Gasteiger partial charge in [0.2, 0.25) is 10.0 Å². The fourth-order valence-corrected chi connectivity index (χ4v) is 3.66. The van der Waals surface area contributed by atoms with Gasteiger partial charge >= 0.3 is 12.1 Å². The number of carboxylic acids is 1. The summed E-state index contributed by atoms with van der Waals surface area (Å²) in [6, 6.07) is 10.3. The number of H-pyrrole nitrogens is 1. The molecule has 0 bridgehead atoms. The predicted molar refractivity (Wildman–Crippen MR) is 110 cm³/mol. The molecule has 2 aromatic heterocycles. The number of carbonyl (C=O) groups is 1. The Morgan fingerprint density at radius 2 is 1.84 bits per heavy atom. The zero-order valence-electron chi connectivity index (χ0n) is 16.7. The molecule has 174 valence electrons. The first kappa shape index (κ1) is 25.3. The molecular formula is C19H21F3N4O5S. The molecule has 1 aromatic carbocycles. The number of nitrogens with zero attached hydrogens (tertiary/aromatic N) is 1. The summed E-state index contributed by atoms with van der Waals surface area (Å²) in [4.78, 5) is 16.4. The summed E-state index contributed by atoms with van der Waals surface area (Å²) in [5.41, 5.74) is 8.46. The Kier molecular flexibility index (Phi) is 7.96. The molecule has 9 nitrogen and oxygen atoms in total. The normalized spacial score (nSPS) is 12.8. The topological polar surface area (TPSA) is 158 Å². The van der Waals surface area contributed by atoms with Crippen molar-refractivity contribution < 1.29 is 36.6 Å². The van der Waals surface area contributed by atoms with Gasteiger partial charge in [0.15, 0.2) is 0 Å². The van der Waals surface area contributed by atoms with E-state index in [0.717, 1.165) is 16.5 Å². The summed E-state index contributed by atoms with van der Waals surface area (Å²) in [5.74, 6) is -2.76. The fraction of sp³-hybridized carbons (Fsp3) is 0.263. The maximum absolute atomic E-state index is 12.1. The number of sulfonamides is 1. The van der Waals surface area contributed by atoms with Gasteiger partial charge in [0.05, 0.1) is 11.0 Å². The van der Waals surface area contributed by atoms with Crippen LogP contribution < -0.4 is 10.5 Å². The highest BCUT2D eigenvalue weighted by Gasteiger charge is 2.38. The first-order chi connectivity index (χ1) is 14.9. The number of pyridine rings is 1. The number of halogens is 3. The Morgan fingerprint density at radius 3 is 2.34 bits per heavy atom. The second-order valence-corrected chi connectivity index (χ2v) is 8.30. The molecule has 0 saturated carbocycles. The number of nitrogens with one attached hydrogen (secondary N) is 2. The van der Waals surface area contributed by atoms with Gasteiger partial charge in [0.1, 0.15) is 5.65 Å². The van der Waals surface area contributed by atoms with Crippen LogP contribution in [0, 0.1) is 0 Å². The molecule has 0 spiro atoms. The lowest BCUT2D eigenvalue weighted by atomic mass is 10.0. The number of aliphatic carboxylic acids is 1. The van der Waals surface area contributed by atoms with E-state index in [1.165, 1.54) is 0 Å². The van der Waals surface area contributed by atoms with E-state index in [-0.39, 0.29) is 18.0 Å². The van der Waals surface area contributed by atoms with Gasteiger partial charge in [-0.15, -0.1) is 0 Å². The van der Waals surface area contributed by atoms with Gasteiger partial charge in [-0.25, -0.2) is 22.9 Å². The highest BCUT2D eigenvalue weighted by Crippen LogP contribution is 2.30. The smallest absolute Gasteiger partial charge is 0.475 e. The number of hydrogen-bond acceptors (Lipinski definition) is 6. The number of benzene rings is 1. The van der Waals surface area contributed by atoms with Gasteiger partial charge in [0.25, 0.3) is 0 Å². The maximum atomic E-state index is 12.1. The van der Waals surface area contributed by atoms with Gasteiger partial charge < -0.3 is 20.9 Å². The number of nitrogens with two attached hydrogens (primary N) is 1. The minimum Gasteiger partial charge on any atom is -0.475 e. The summed E-state index contributed by atoms with van der Waals surface area (Å²) >= 11 is 0. The molecule has 13 heteroatoms. The molecule has 32 heavy (non-hydrogen) atoms. The third kappa shape index (κ3) is 6.26. The number of hydrogen-bond donors (Lipinski definition) is 5. The van der Waals surface area contributed by atoms with Gasteiger partial charge in [-0.3, -0.25) is 0 Å². The molecule has 0 saturated heterocycles. The van der Waals surface area contributed by atoms with Gasteiger partial charge in [-0.1, -0.05) is 12.1 Å². The van der Waals surface area contributed by atoms with E-state index in [9.17, 15) is 26.7 Å². The molecule has 1 atom stereocenters. The largest absolute Gasteiger partial charge is 0.490 e. The van der Waals surface area contributed by atoms with Crippen molar-refractivity contribution in [1.82, 2.24) is 14.7 Å². The fourth-order valence-electron chi connectivity index (χ4n) is 2.61. The lowest BCUT2D eigenvalue weighted by Crippen LogP contribution is -2.29. The number of aromatic amines is 1. The minimum atomic E-state index is -5.08. The molecule has 0 fully saturated rings. The van der Waals surface area contributed by atoms with Crippen molar-refractivity contribution in [1.29, 1.82) is 0 Å². The Labute approximate surface area is 181 Å². The summed E-state index contributed by atoms with van der Waals surface area (Å²) < 4.78 is 58.4. The minimum absolute atomic E-state index is 0.189. The predicted octanol–water partition coefficient (Wildman–Crippen LogP) is 2.15. The van der Waals surface area contributed by atoms with Crippen LogP contribution in [0.4, 0.5) is 13.2 Å². The number of alkyl halides is 3. The zero-order chi connectivity index (χ0) is 24.1. The third-order valence-corrected chi connectivity index (χ3v) is 5.63. The van der Waals surface area contributed by atoms with Crippen LogP contribution in [0.1, 0.15) is 18.7 Å². The number of aliphatic hydroxyl groups excluding tert-OH is 1. The van der Waals surface area contributed by atoms with E-state index in [2.05, 4.69) is 14.7 Å². The standard InChI is InChI=1S/C17H20N4O3S.C2HF3O2/c1-11(22)16-10-15-14(6-8-19-17(15)21-16)12-2-4-13(5-3-12)25(23,24)20-9-7-18;3-2(4,5)1(6)7/h2-6,8,10-11,20,22H,7,9,18H2,1H3,(H,19,21);(H,6,7). The number of rotatable bonds is 6. The van der Waals surface area contributed by atoms with E-state index in [0.29, 0.717) is 11.3 Å². The monoisotopic (exact) mass is 474 g/mol. The van der Waals surface area contributed by atoms with Crippen molar-refractivity contribution >= 4 is 27.0 Å². The summed E-state index contributed by atoms with van der Waals surface area (Å²) in [5, 5.41) is 17.7. The summed E-state index contributed by atoms with van der Waals surface area (Å²) in [6.07, 6.45) is -4.03. The number of fused-ring (bicyclic) bond motifs is 1. The van der Waals surface area contributed by atoms with Crippen LogP contribution in [0.3, 0.4) is 0 Å². The van der Waals surface area contributed by atoms with E-state index < -0.39 is 28.3 Å². The third-order valence-electron chi connectivity index (χ3n) is 4.16. The average molecular weight is 474 g/mol. The van der Waals surface area contributed by atoms with Gasteiger partial charge in [-0.05, 0) is 42.3 Å². The highest BCUT2D eigenvalue weighted by atomic mass is 32.2. The number of aliphatic hydroxyl groups is 1. The van der Waals surface area contributed by atoms with E-state index in [1.807, 2.05) is 12.1 Å². The quantitative estimate of drug-likeness (QED) is 0.366. The Balaban J connectivity index is 0.000000451. The molecule has 0 aliphatic rings. The van der Waals surface area contributed by atoms with Crippen LogP contribution in [0.25, 0.3) is 22.2 Å². The first-order valence-electron chi connectivity index (χ1n) is 9.12. The molecule has 0 radical (unpaired) electrons. The molecule has 2 heterocycles. The van der Waals surface area contributed by atoms with Crippen molar-refractivity contribution in [2.24, 2.45) is 5.73 Å². The van der Waals surface area contributed by atoms with Crippen molar-refractivity contribution in [3.8, 4) is 11.1 Å². The Morgan fingerprint density at radius 1 is 1.25 bits per heavy atom. The second-order valence-electron chi connectivity index (χ2n) is 6.54. The van der Waals surface area contributed by atoms with Crippen LogP contribution in [0.2, 0.25) is 0 Å². The first-order valence-corrected chi connectivity index (χ1v) is 10.6. The number of aromatic nitrogens is 2.